The zero-order valence-corrected chi connectivity index (χ0v) is 8.24. The van der Waals surface area contributed by atoms with E-state index in [1.54, 1.807) is 6.08 Å². The Kier molecular flexibility index (Phi) is 3.96. The lowest BCUT2D eigenvalue weighted by Crippen LogP contribution is -2.41. The van der Waals surface area contributed by atoms with E-state index in [2.05, 4.69) is 23.6 Å². The Morgan fingerprint density at radius 1 is 1.46 bits per heavy atom. The Hall–Kier alpha value is -0.830. The monoisotopic (exact) mass is 182 g/mol. The highest BCUT2D eigenvalue weighted by atomic mass is 16.4. The molecule has 0 radical (unpaired) electrons. The molecule has 1 fully saturated rings. The van der Waals surface area contributed by atoms with E-state index in [0.29, 0.717) is 5.71 Å². The second-order valence-electron chi connectivity index (χ2n) is 3.50. The van der Waals surface area contributed by atoms with Crippen molar-refractivity contribution in [2.45, 2.75) is 32.2 Å². The smallest absolute Gasteiger partial charge is 0.0958 e. The molecule has 13 heavy (non-hydrogen) atoms. The fourth-order valence-corrected chi connectivity index (χ4v) is 1.79. The Morgan fingerprint density at radius 2 is 2.08 bits per heavy atom. The molecule has 0 spiro atoms. The minimum Gasteiger partial charge on any atom is -0.411 e. The summed E-state index contributed by atoms with van der Waals surface area (Å²) in [4.78, 5) is 2.33. The molecule has 0 aromatic carbocycles. The van der Waals surface area contributed by atoms with E-state index in [9.17, 15) is 0 Å². The van der Waals surface area contributed by atoms with Crippen LogP contribution in [-0.2, 0) is 0 Å². The van der Waals surface area contributed by atoms with E-state index in [0.717, 1.165) is 13.1 Å². The van der Waals surface area contributed by atoms with Crippen molar-refractivity contribution in [3.05, 3.63) is 12.7 Å². The van der Waals surface area contributed by atoms with Crippen LogP contribution in [0.2, 0.25) is 0 Å². The molecular formula is C10H18N2O. The van der Waals surface area contributed by atoms with Gasteiger partial charge in [-0.2, -0.15) is 0 Å². The molecule has 1 atom stereocenters. The Balaban J connectivity index is 2.53. The molecule has 1 aliphatic heterocycles. The molecule has 0 aliphatic carbocycles. The van der Waals surface area contributed by atoms with Crippen LogP contribution in [0.1, 0.15) is 26.2 Å². The average molecular weight is 182 g/mol. The highest BCUT2D eigenvalue weighted by molar-refractivity contribution is 5.98. The molecule has 1 heterocycles. The zero-order chi connectivity index (χ0) is 9.68. The molecule has 0 aromatic rings. The van der Waals surface area contributed by atoms with Crippen LogP contribution in [0.25, 0.3) is 0 Å². The first-order chi connectivity index (χ1) is 6.29. The van der Waals surface area contributed by atoms with E-state index >= 15 is 0 Å². The van der Waals surface area contributed by atoms with Gasteiger partial charge in [-0.1, -0.05) is 18.2 Å². The number of nitrogens with zero attached hydrogens (tertiary/aromatic N) is 2. The molecule has 74 valence electrons. The summed E-state index contributed by atoms with van der Waals surface area (Å²) in [6, 6.07) is 0.197. The van der Waals surface area contributed by atoms with Gasteiger partial charge in [0.15, 0.2) is 0 Å². The van der Waals surface area contributed by atoms with Gasteiger partial charge in [-0.3, -0.25) is 4.90 Å². The van der Waals surface area contributed by atoms with Crippen LogP contribution < -0.4 is 0 Å². The van der Waals surface area contributed by atoms with Crippen LogP contribution in [-0.4, -0.2) is 35.0 Å². The largest absolute Gasteiger partial charge is 0.411 e. The summed E-state index contributed by atoms with van der Waals surface area (Å²) in [6.45, 7) is 7.90. The predicted molar refractivity (Wildman–Crippen MR) is 54.3 cm³/mol. The molecule has 3 nitrogen and oxygen atoms in total. The van der Waals surface area contributed by atoms with E-state index in [1.165, 1.54) is 19.3 Å². The summed E-state index contributed by atoms with van der Waals surface area (Å²) in [5.41, 5.74) is 0.668. The molecule has 1 aliphatic rings. The lowest BCUT2D eigenvalue weighted by atomic mass is 10.1. The first-order valence-corrected chi connectivity index (χ1v) is 4.88. The second-order valence-corrected chi connectivity index (χ2v) is 3.50. The summed E-state index contributed by atoms with van der Waals surface area (Å²) >= 11 is 0. The van der Waals surface area contributed by atoms with Crippen molar-refractivity contribution in [1.29, 1.82) is 0 Å². The highest BCUT2D eigenvalue weighted by Gasteiger charge is 2.19. The number of rotatable bonds is 3. The molecule has 3 heteroatoms. The number of hydrogen-bond donors (Lipinski definition) is 1. The van der Waals surface area contributed by atoms with Gasteiger partial charge in [0.1, 0.15) is 0 Å². The van der Waals surface area contributed by atoms with E-state index in [1.807, 2.05) is 0 Å². The average Bonchev–Trinajstić information content (AvgIpc) is 2.21. The van der Waals surface area contributed by atoms with Crippen LogP contribution in [0.5, 0.6) is 0 Å². The summed E-state index contributed by atoms with van der Waals surface area (Å²) < 4.78 is 0. The predicted octanol–water partition coefficient (Wildman–Crippen LogP) is 1.88. The molecule has 0 saturated carbocycles. The molecule has 0 bridgehead atoms. The first-order valence-electron chi connectivity index (χ1n) is 4.88. The lowest BCUT2D eigenvalue weighted by molar-refractivity contribution is 0.207. The van der Waals surface area contributed by atoms with E-state index < -0.39 is 0 Å². The third-order valence-corrected chi connectivity index (χ3v) is 2.69. The van der Waals surface area contributed by atoms with Crippen LogP contribution in [0.3, 0.4) is 0 Å². The summed E-state index contributed by atoms with van der Waals surface area (Å²) in [5, 5.41) is 12.0. The maximum Gasteiger partial charge on any atom is 0.0958 e. The van der Waals surface area contributed by atoms with Gasteiger partial charge in [0.2, 0.25) is 0 Å². The zero-order valence-electron chi connectivity index (χ0n) is 8.24. The fourth-order valence-electron chi connectivity index (χ4n) is 1.79. The van der Waals surface area contributed by atoms with Gasteiger partial charge in [-0.05, 0) is 38.9 Å². The third-order valence-electron chi connectivity index (χ3n) is 2.69. The van der Waals surface area contributed by atoms with E-state index in [4.69, 9.17) is 5.21 Å². The van der Waals surface area contributed by atoms with Crippen molar-refractivity contribution in [3.8, 4) is 0 Å². The highest BCUT2D eigenvalue weighted by Crippen LogP contribution is 2.13. The lowest BCUT2D eigenvalue weighted by Gasteiger charge is -2.31. The normalized spacial score (nSPS) is 22.7. The van der Waals surface area contributed by atoms with Gasteiger partial charge >= 0.3 is 0 Å². The molecule has 1 saturated heterocycles. The standard InChI is InChI=1S/C10H18N2O/c1-3-10(11-13)9(2)12-7-5-4-6-8-12/h3,9,13H,1,4-8H2,2H3/b11-10-/t9-/m1/s1. The minimum atomic E-state index is 0.197. The fraction of sp³-hybridized carbons (Fsp3) is 0.700. The summed E-state index contributed by atoms with van der Waals surface area (Å²) in [7, 11) is 0. The van der Waals surface area contributed by atoms with Gasteiger partial charge in [-0.15, -0.1) is 0 Å². The molecule has 1 rings (SSSR count). The Bertz CT molecular complexity index is 195. The summed E-state index contributed by atoms with van der Waals surface area (Å²) in [5.74, 6) is 0. The van der Waals surface area contributed by atoms with Crippen molar-refractivity contribution < 1.29 is 5.21 Å². The van der Waals surface area contributed by atoms with Crippen molar-refractivity contribution >= 4 is 5.71 Å². The van der Waals surface area contributed by atoms with Crippen LogP contribution in [0.15, 0.2) is 17.8 Å². The van der Waals surface area contributed by atoms with Gasteiger partial charge in [0.05, 0.1) is 11.8 Å². The minimum absolute atomic E-state index is 0.197. The Morgan fingerprint density at radius 3 is 2.54 bits per heavy atom. The second kappa shape index (κ2) is 5.02. The topological polar surface area (TPSA) is 35.8 Å². The molecule has 0 amide bonds. The van der Waals surface area contributed by atoms with Crippen molar-refractivity contribution in [2.75, 3.05) is 13.1 Å². The quantitative estimate of drug-likeness (QED) is 0.411. The number of hydrogen-bond acceptors (Lipinski definition) is 3. The number of likely N-dealkylation sites (tertiary alicyclic amines) is 1. The maximum absolute atomic E-state index is 8.72. The molecule has 0 aromatic heterocycles. The van der Waals surface area contributed by atoms with Crippen molar-refractivity contribution in [2.24, 2.45) is 5.16 Å². The van der Waals surface area contributed by atoms with Crippen molar-refractivity contribution in [3.63, 3.8) is 0 Å². The van der Waals surface area contributed by atoms with Gasteiger partial charge < -0.3 is 5.21 Å². The Labute approximate surface area is 79.7 Å². The van der Waals surface area contributed by atoms with Crippen LogP contribution in [0.4, 0.5) is 0 Å². The molecule has 1 N–H and O–H groups in total. The van der Waals surface area contributed by atoms with Crippen molar-refractivity contribution in [1.82, 2.24) is 4.90 Å². The van der Waals surface area contributed by atoms with E-state index in [-0.39, 0.29) is 6.04 Å². The third kappa shape index (κ3) is 2.56. The van der Waals surface area contributed by atoms with Gasteiger partial charge in [-0.25, -0.2) is 0 Å². The van der Waals surface area contributed by atoms with Crippen LogP contribution >= 0.6 is 0 Å². The van der Waals surface area contributed by atoms with Crippen LogP contribution in [0, 0.1) is 0 Å². The maximum atomic E-state index is 8.72. The van der Waals surface area contributed by atoms with Gasteiger partial charge in [0, 0.05) is 0 Å². The number of piperidine rings is 1. The number of oxime groups is 1. The molecule has 0 unspecified atom stereocenters. The van der Waals surface area contributed by atoms with Gasteiger partial charge in [0.25, 0.3) is 0 Å². The molecular weight excluding hydrogens is 164 g/mol. The first kappa shape index (κ1) is 10.3. The SMILES string of the molecule is C=C/C(=N/O)[C@@H](C)N1CCCCC1. The summed E-state index contributed by atoms with van der Waals surface area (Å²) in [6.07, 6.45) is 5.45.